The van der Waals surface area contributed by atoms with E-state index in [0.29, 0.717) is 6.61 Å². The van der Waals surface area contributed by atoms with Crippen LogP contribution in [0.4, 0.5) is 5.69 Å². The lowest BCUT2D eigenvalue weighted by Crippen LogP contribution is -2.03. The zero-order valence-electron chi connectivity index (χ0n) is 14.6. The molecule has 0 amide bonds. The second kappa shape index (κ2) is 9.98. The van der Waals surface area contributed by atoms with Gasteiger partial charge in [-0.15, -0.1) is 0 Å². The number of nitro groups is 1. The van der Waals surface area contributed by atoms with Gasteiger partial charge in [-0.25, -0.2) is 4.79 Å². The van der Waals surface area contributed by atoms with Gasteiger partial charge in [0, 0.05) is 18.2 Å². The molecule has 2 aromatic rings. The van der Waals surface area contributed by atoms with Crippen molar-refractivity contribution in [1.29, 1.82) is 0 Å². The third kappa shape index (κ3) is 6.39. The van der Waals surface area contributed by atoms with Crippen LogP contribution in [-0.2, 0) is 4.79 Å². The zero-order valence-corrected chi connectivity index (χ0v) is 14.6. The summed E-state index contributed by atoms with van der Waals surface area (Å²) in [6.45, 7) is 2.85. The SMILES string of the molecule is CCCCCOc1ccc(/C=C/C(=O)Oc2ccc([N+](=O)[O-])cc2)cc1. The van der Waals surface area contributed by atoms with E-state index in [1.165, 1.54) is 30.3 Å². The maximum atomic E-state index is 11.8. The summed E-state index contributed by atoms with van der Waals surface area (Å²) in [6.07, 6.45) is 6.28. The number of esters is 1. The van der Waals surface area contributed by atoms with Gasteiger partial charge in [0.1, 0.15) is 11.5 Å². The molecule has 2 rings (SSSR count). The third-order valence-electron chi connectivity index (χ3n) is 3.57. The van der Waals surface area contributed by atoms with Crippen LogP contribution < -0.4 is 9.47 Å². The molecule has 0 aliphatic carbocycles. The highest BCUT2D eigenvalue weighted by atomic mass is 16.6. The lowest BCUT2D eigenvalue weighted by atomic mass is 10.2. The van der Waals surface area contributed by atoms with Crippen LogP contribution in [0.15, 0.2) is 54.6 Å². The highest BCUT2D eigenvalue weighted by Gasteiger charge is 2.06. The molecule has 0 unspecified atom stereocenters. The smallest absolute Gasteiger partial charge is 0.336 e. The molecule has 0 fully saturated rings. The summed E-state index contributed by atoms with van der Waals surface area (Å²) in [5, 5.41) is 10.6. The zero-order chi connectivity index (χ0) is 18.8. The molecule has 0 heterocycles. The quantitative estimate of drug-likeness (QED) is 0.161. The lowest BCUT2D eigenvalue weighted by Gasteiger charge is -2.05. The molecule has 0 saturated carbocycles. The van der Waals surface area contributed by atoms with Crippen molar-refractivity contribution in [2.24, 2.45) is 0 Å². The Hall–Kier alpha value is -3.15. The Labute approximate surface area is 152 Å². The number of carbonyl (C=O) groups is 1. The van der Waals surface area contributed by atoms with E-state index >= 15 is 0 Å². The van der Waals surface area contributed by atoms with Crippen LogP contribution in [0, 0.1) is 10.1 Å². The fourth-order valence-corrected chi connectivity index (χ4v) is 2.17. The van der Waals surface area contributed by atoms with Crippen molar-refractivity contribution in [1.82, 2.24) is 0 Å². The van der Waals surface area contributed by atoms with E-state index in [-0.39, 0.29) is 11.4 Å². The van der Waals surface area contributed by atoms with E-state index in [0.717, 1.165) is 30.6 Å². The fraction of sp³-hybridized carbons (Fsp3) is 0.250. The minimum absolute atomic E-state index is 0.0580. The summed E-state index contributed by atoms with van der Waals surface area (Å²) in [7, 11) is 0. The minimum Gasteiger partial charge on any atom is -0.494 e. The summed E-state index contributed by atoms with van der Waals surface area (Å²) < 4.78 is 10.7. The normalized spacial score (nSPS) is 10.7. The molecule has 0 aliphatic rings. The minimum atomic E-state index is -0.557. The second-order valence-corrected chi connectivity index (χ2v) is 5.63. The molecule has 2 aromatic carbocycles. The molecular formula is C20H21NO5. The number of unbranched alkanes of at least 4 members (excludes halogenated alkanes) is 2. The lowest BCUT2D eigenvalue weighted by molar-refractivity contribution is -0.384. The largest absolute Gasteiger partial charge is 0.494 e. The maximum Gasteiger partial charge on any atom is 0.336 e. The molecule has 0 atom stereocenters. The van der Waals surface area contributed by atoms with Crippen LogP contribution in [0.1, 0.15) is 31.7 Å². The summed E-state index contributed by atoms with van der Waals surface area (Å²) in [5.74, 6) is 0.492. The molecule has 0 aromatic heterocycles. The third-order valence-corrected chi connectivity index (χ3v) is 3.57. The molecular weight excluding hydrogens is 334 g/mol. The summed E-state index contributed by atoms with van der Waals surface area (Å²) in [5.41, 5.74) is 0.781. The van der Waals surface area contributed by atoms with Gasteiger partial charge >= 0.3 is 5.97 Å². The Morgan fingerprint density at radius 3 is 2.31 bits per heavy atom. The first kappa shape index (κ1) is 19.2. The summed E-state index contributed by atoms with van der Waals surface area (Å²) in [4.78, 5) is 21.9. The van der Waals surface area contributed by atoms with Crippen LogP contribution in [0.5, 0.6) is 11.5 Å². The van der Waals surface area contributed by atoms with Gasteiger partial charge in [0.2, 0.25) is 0 Å². The van der Waals surface area contributed by atoms with Crippen LogP contribution in [0.3, 0.4) is 0 Å². The molecule has 0 saturated heterocycles. The molecule has 6 nitrogen and oxygen atoms in total. The number of ether oxygens (including phenoxy) is 2. The number of carbonyl (C=O) groups excluding carboxylic acids is 1. The molecule has 0 radical (unpaired) electrons. The number of nitro benzene ring substituents is 1. The van der Waals surface area contributed by atoms with Crippen LogP contribution in [-0.4, -0.2) is 17.5 Å². The molecule has 136 valence electrons. The van der Waals surface area contributed by atoms with E-state index in [2.05, 4.69) is 6.92 Å². The van der Waals surface area contributed by atoms with Crippen molar-refractivity contribution in [3.8, 4) is 11.5 Å². The monoisotopic (exact) mass is 355 g/mol. The first-order valence-electron chi connectivity index (χ1n) is 8.45. The van der Waals surface area contributed by atoms with Crippen LogP contribution >= 0.6 is 0 Å². The topological polar surface area (TPSA) is 78.7 Å². The van der Waals surface area contributed by atoms with Gasteiger partial charge in [-0.1, -0.05) is 31.9 Å². The molecule has 26 heavy (non-hydrogen) atoms. The Morgan fingerprint density at radius 1 is 1.04 bits per heavy atom. The average molecular weight is 355 g/mol. The molecule has 0 spiro atoms. The van der Waals surface area contributed by atoms with E-state index < -0.39 is 10.9 Å². The van der Waals surface area contributed by atoms with Crippen molar-refractivity contribution in [2.75, 3.05) is 6.61 Å². The predicted octanol–water partition coefficient (Wildman–Crippen LogP) is 4.78. The Balaban J connectivity index is 1.84. The van der Waals surface area contributed by atoms with Crippen molar-refractivity contribution in [2.45, 2.75) is 26.2 Å². The van der Waals surface area contributed by atoms with Gasteiger partial charge in [0.05, 0.1) is 11.5 Å². The summed E-state index contributed by atoms with van der Waals surface area (Å²) in [6, 6.07) is 12.7. The number of benzene rings is 2. The number of hydrogen-bond donors (Lipinski definition) is 0. The van der Waals surface area contributed by atoms with Crippen molar-refractivity contribution >= 4 is 17.7 Å². The van der Waals surface area contributed by atoms with Gasteiger partial charge in [0.15, 0.2) is 0 Å². The standard InChI is InChI=1S/C20H21NO5/c1-2-3-4-15-25-18-10-5-16(6-11-18)7-14-20(22)26-19-12-8-17(9-13-19)21(23)24/h5-14H,2-4,15H2,1H3/b14-7+. The average Bonchev–Trinajstić information content (AvgIpc) is 2.65. The Kier molecular flexibility index (Phi) is 7.36. The van der Waals surface area contributed by atoms with Crippen LogP contribution in [0.2, 0.25) is 0 Å². The predicted molar refractivity (Wildman–Crippen MR) is 99.2 cm³/mol. The Morgan fingerprint density at radius 2 is 1.69 bits per heavy atom. The van der Waals surface area contributed by atoms with E-state index in [1.54, 1.807) is 6.08 Å². The van der Waals surface area contributed by atoms with E-state index in [9.17, 15) is 14.9 Å². The van der Waals surface area contributed by atoms with Gasteiger partial charge in [-0.3, -0.25) is 10.1 Å². The van der Waals surface area contributed by atoms with Gasteiger partial charge in [0.25, 0.3) is 5.69 Å². The van der Waals surface area contributed by atoms with Crippen molar-refractivity contribution in [3.05, 3.63) is 70.3 Å². The molecule has 6 heteroatoms. The Bertz CT molecular complexity index is 751. The number of non-ortho nitro benzene ring substituents is 1. The number of hydrogen-bond acceptors (Lipinski definition) is 5. The highest BCUT2D eigenvalue weighted by Crippen LogP contribution is 2.18. The molecule has 0 N–H and O–H groups in total. The van der Waals surface area contributed by atoms with Crippen molar-refractivity contribution < 1.29 is 19.2 Å². The van der Waals surface area contributed by atoms with Gasteiger partial charge in [-0.05, 0) is 42.3 Å². The van der Waals surface area contributed by atoms with Crippen molar-refractivity contribution in [3.63, 3.8) is 0 Å². The van der Waals surface area contributed by atoms with Gasteiger partial charge in [-0.2, -0.15) is 0 Å². The van der Waals surface area contributed by atoms with Gasteiger partial charge < -0.3 is 9.47 Å². The van der Waals surface area contributed by atoms with E-state index in [1.807, 2.05) is 24.3 Å². The second-order valence-electron chi connectivity index (χ2n) is 5.63. The highest BCUT2D eigenvalue weighted by molar-refractivity contribution is 5.88. The maximum absolute atomic E-state index is 11.8. The fourth-order valence-electron chi connectivity index (χ4n) is 2.17. The van der Waals surface area contributed by atoms with E-state index in [4.69, 9.17) is 9.47 Å². The molecule has 0 aliphatic heterocycles. The number of nitrogens with zero attached hydrogens (tertiary/aromatic N) is 1. The van der Waals surface area contributed by atoms with Crippen LogP contribution in [0.25, 0.3) is 6.08 Å². The first-order valence-corrected chi connectivity index (χ1v) is 8.45. The summed E-state index contributed by atoms with van der Waals surface area (Å²) >= 11 is 0. The number of rotatable bonds is 9. The first-order chi connectivity index (χ1) is 12.6. The molecule has 0 bridgehead atoms.